The van der Waals surface area contributed by atoms with Crippen molar-refractivity contribution in [2.75, 3.05) is 0 Å². The number of rotatable bonds is 4. The first-order chi connectivity index (χ1) is 8.31. The summed E-state index contributed by atoms with van der Waals surface area (Å²) in [6.45, 7) is 3.33. The number of carbonyl (C=O) groups is 1. The van der Waals surface area contributed by atoms with Crippen LogP contribution < -0.4 is 5.32 Å². The molecule has 1 amide bonds. The third-order valence-corrected chi connectivity index (χ3v) is 2.61. The van der Waals surface area contributed by atoms with Crippen LogP contribution in [0.2, 0.25) is 0 Å². The Balaban J connectivity index is 1.98. The normalized spacial score (nSPS) is 10.2. The number of carbonyl (C=O) groups excluding carboxylic acids is 1. The Bertz CT molecular complexity index is 490. The van der Waals surface area contributed by atoms with Gasteiger partial charge in [0.2, 0.25) is 0 Å². The molecule has 4 nitrogen and oxygen atoms in total. The van der Waals surface area contributed by atoms with Gasteiger partial charge in [0.05, 0.1) is 0 Å². The average Bonchev–Trinajstić information content (AvgIpc) is 2.85. The number of aryl methyl sites for hydroxylation is 1. The van der Waals surface area contributed by atoms with Crippen molar-refractivity contribution in [3.05, 3.63) is 54.1 Å². The molecule has 0 saturated heterocycles. The fraction of sp³-hybridized carbons (Fsp3) is 0.231. The van der Waals surface area contributed by atoms with E-state index in [9.17, 15) is 4.79 Å². The standard InChI is InChI=1S/C13H15N3O/c1-2-16-9-3-4-12(16)13(17)15-10-11-5-7-14-8-6-11/h3-9H,2,10H2,1H3,(H,15,17). The number of hydrogen-bond donors (Lipinski definition) is 1. The molecule has 0 spiro atoms. The van der Waals surface area contributed by atoms with E-state index in [4.69, 9.17) is 0 Å². The lowest BCUT2D eigenvalue weighted by atomic mass is 10.2. The van der Waals surface area contributed by atoms with E-state index < -0.39 is 0 Å². The van der Waals surface area contributed by atoms with Crippen molar-refractivity contribution >= 4 is 5.91 Å². The molecule has 0 radical (unpaired) electrons. The van der Waals surface area contributed by atoms with E-state index >= 15 is 0 Å². The Morgan fingerprint density at radius 3 is 2.82 bits per heavy atom. The van der Waals surface area contributed by atoms with Gasteiger partial charge < -0.3 is 9.88 Å². The summed E-state index contributed by atoms with van der Waals surface area (Å²) >= 11 is 0. The van der Waals surface area contributed by atoms with Gasteiger partial charge in [-0.3, -0.25) is 9.78 Å². The quantitative estimate of drug-likeness (QED) is 0.869. The largest absolute Gasteiger partial charge is 0.347 e. The van der Waals surface area contributed by atoms with Crippen LogP contribution in [0.15, 0.2) is 42.9 Å². The van der Waals surface area contributed by atoms with Gasteiger partial charge in [-0.25, -0.2) is 0 Å². The summed E-state index contributed by atoms with van der Waals surface area (Å²) in [5, 5.41) is 2.89. The fourth-order valence-corrected chi connectivity index (χ4v) is 1.67. The molecule has 1 N–H and O–H groups in total. The second-order valence-electron chi connectivity index (χ2n) is 3.72. The Morgan fingerprint density at radius 1 is 1.35 bits per heavy atom. The molecule has 2 aromatic heterocycles. The maximum absolute atomic E-state index is 11.9. The monoisotopic (exact) mass is 229 g/mol. The van der Waals surface area contributed by atoms with E-state index in [0.29, 0.717) is 12.2 Å². The van der Waals surface area contributed by atoms with Gasteiger partial charge in [-0.2, -0.15) is 0 Å². The summed E-state index contributed by atoms with van der Waals surface area (Å²) in [5.41, 5.74) is 1.74. The van der Waals surface area contributed by atoms with Crippen LogP contribution in [-0.2, 0) is 13.1 Å². The van der Waals surface area contributed by atoms with Gasteiger partial charge in [0, 0.05) is 31.7 Å². The highest BCUT2D eigenvalue weighted by Gasteiger charge is 2.08. The van der Waals surface area contributed by atoms with Gasteiger partial charge in [0.25, 0.3) is 5.91 Å². The summed E-state index contributed by atoms with van der Waals surface area (Å²) in [5.74, 6) is -0.0475. The third-order valence-electron chi connectivity index (χ3n) is 2.61. The molecule has 2 heterocycles. The van der Waals surface area contributed by atoms with Crippen LogP contribution in [-0.4, -0.2) is 15.5 Å². The fourth-order valence-electron chi connectivity index (χ4n) is 1.67. The van der Waals surface area contributed by atoms with Gasteiger partial charge in [0.1, 0.15) is 5.69 Å². The van der Waals surface area contributed by atoms with Crippen LogP contribution >= 0.6 is 0 Å². The second-order valence-corrected chi connectivity index (χ2v) is 3.72. The Labute approximate surface area is 100 Å². The highest BCUT2D eigenvalue weighted by atomic mass is 16.1. The molecule has 0 saturated carbocycles. The first-order valence-corrected chi connectivity index (χ1v) is 5.63. The number of aromatic nitrogens is 2. The lowest BCUT2D eigenvalue weighted by Crippen LogP contribution is -2.25. The summed E-state index contributed by atoms with van der Waals surface area (Å²) in [6.07, 6.45) is 5.34. The minimum absolute atomic E-state index is 0.0475. The number of hydrogen-bond acceptors (Lipinski definition) is 2. The summed E-state index contributed by atoms with van der Waals surface area (Å²) < 4.78 is 1.92. The molecule has 0 aliphatic rings. The van der Waals surface area contributed by atoms with Gasteiger partial charge in [-0.15, -0.1) is 0 Å². The first-order valence-electron chi connectivity index (χ1n) is 5.63. The molecule has 0 atom stereocenters. The van der Waals surface area contributed by atoms with Crippen molar-refractivity contribution in [3.63, 3.8) is 0 Å². The van der Waals surface area contributed by atoms with E-state index in [1.165, 1.54) is 0 Å². The number of pyridine rings is 1. The van der Waals surface area contributed by atoms with Gasteiger partial charge in [0.15, 0.2) is 0 Å². The molecule has 2 aromatic rings. The molecular formula is C13H15N3O. The summed E-state index contributed by atoms with van der Waals surface area (Å²) in [4.78, 5) is 15.8. The van der Waals surface area contributed by atoms with E-state index in [0.717, 1.165) is 12.1 Å². The third kappa shape index (κ3) is 2.72. The lowest BCUT2D eigenvalue weighted by Gasteiger charge is -2.07. The molecule has 0 unspecified atom stereocenters. The first kappa shape index (κ1) is 11.4. The highest BCUT2D eigenvalue weighted by Crippen LogP contribution is 2.03. The van der Waals surface area contributed by atoms with Crippen molar-refractivity contribution in [2.24, 2.45) is 0 Å². The minimum atomic E-state index is -0.0475. The Hall–Kier alpha value is -2.10. The molecule has 4 heteroatoms. The maximum Gasteiger partial charge on any atom is 0.268 e. The topological polar surface area (TPSA) is 46.9 Å². The Morgan fingerprint density at radius 2 is 2.12 bits per heavy atom. The van der Waals surface area contributed by atoms with Crippen molar-refractivity contribution in [1.82, 2.24) is 14.9 Å². The van der Waals surface area contributed by atoms with Crippen LogP contribution in [0.5, 0.6) is 0 Å². The smallest absolute Gasteiger partial charge is 0.268 e. The van der Waals surface area contributed by atoms with E-state index in [2.05, 4.69) is 10.3 Å². The molecule has 0 aliphatic carbocycles. The summed E-state index contributed by atoms with van der Waals surface area (Å²) in [7, 11) is 0. The SMILES string of the molecule is CCn1cccc1C(=O)NCc1ccncc1. The van der Waals surface area contributed by atoms with Crippen molar-refractivity contribution < 1.29 is 4.79 Å². The predicted molar refractivity (Wildman–Crippen MR) is 65.5 cm³/mol. The van der Waals surface area contributed by atoms with Crippen molar-refractivity contribution in [3.8, 4) is 0 Å². The number of amides is 1. The van der Waals surface area contributed by atoms with Crippen LogP contribution in [0.4, 0.5) is 0 Å². The zero-order valence-electron chi connectivity index (χ0n) is 9.76. The Kier molecular flexibility index (Phi) is 3.55. The van der Waals surface area contributed by atoms with Gasteiger partial charge in [-0.05, 0) is 36.8 Å². The molecular weight excluding hydrogens is 214 g/mol. The van der Waals surface area contributed by atoms with E-state index in [1.807, 2.05) is 42.0 Å². The highest BCUT2D eigenvalue weighted by molar-refractivity contribution is 5.92. The van der Waals surface area contributed by atoms with Gasteiger partial charge >= 0.3 is 0 Å². The lowest BCUT2D eigenvalue weighted by molar-refractivity contribution is 0.0941. The molecule has 2 rings (SSSR count). The molecule has 0 aliphatic heterocycles. The molecule has 17 heavy (non-hydrogen) atoms. The maximum atomic E-state index is 11.9. The van der Waals surface area contributed by atoms with Crippen LogP contribution in [0.3, 0.4) is 0 Å². The summed E-state index contributed by atoms with van der Waals surface area (Å²) in [6, 6.07) is 7.48. The van der Waals surface area contributed by atoms with Crippen LogP contribution in [0.25, 0.3) is 0 Å². The second kappa shape index (κ2) is 5.30. The van der Waals surface area contributed by atoms with Crippen LogP contribution in [0.1, 0.15) is 23.0 Å². The molecule has 88 valence electrons. The van der Waals surface area contributed by atoms with Crippen molar-refractivity contribution in [1.29, 1.82) is 0 Å². The van der Waals surface area contributed by atoms with Gasteiger partial charge in [-0.1, -0.05) is 0 Å². The minimum Gasteiger partial charge on any atom is -0.347 e. The molecule has 0 aromatic carbocycles. The van der Waals surface area contributed by atoms with Crippen molar-refractivity contribution in [2.45, 2.75) is 20.0 Å². The van der Waals surface area contributed by atoms with Crippen LogP contribution in [0, 0.1) is 0 Å². The number of nitrogens with zero attached hydrogens (tertiary/aromatic N) is 2. The van der Waals surface area contributed by atoms with E-state index in [1.54, 1.807) is 12.4 Å². The molecule has 0 fully saturated rings. The predicted octanol–water partition coefficient (Wildman–Crippen LogP) is 1.83. The zero-order chi connectivity index (χ0) is 12.1. The molecule has 0 bridgehead atoms. The zero-order valence-corrected chi connectivity index (χ0v) is 9.76. The average molecular weight is 229 g/mol. The van der Waals surface area contributed by atoms with E-state index in [-0.39, 0.29) is 5.91 Å². The number of nitrogens with one attached hydrogen (secondary N) is 1.